The van der Waals surface area contributed by atoms with Crippen molar-refractivity contribution in [2.24, 2.45) is 11.8 Å². The van der Waals surface area contributed by atoms with Gasteiger partial charge in [0.15, 0.2) is 11.5 Å². The Morgan fingerprint density at radius 2 is 2.07 bits per heavy atom. The van der Waals surface area contributed by atoms with Gasteiger partial charge in [0.25, 0.3) is 0 Å². The van der Waals surface area contributed by atoms with Gasteiger partial charge in [0.1, 0.15) is 12.4 Å². The summed E-state index contributed by atoms with van der Waals surface area (Å²) in [5.41, 5.74) is 2.83. The molecular formula is C22H28N2O4. The molecular weight excluding hydrogens is 356 g/mol. The Kier molecular flexibility index (Phi) is 6.07. The molecule has 0 saturated heterocycles. The van der Waals surface area contributed by atoms with Crippen molar-refractivity contribution >= 4 is 11.7 Å². The van der Waals surface area contributed by atoms with Crippen LogP contribution >= 0.6 is 0 Å². The number of hydrogen-bond acceptors (Lipinski definition) is 5. The highest BCUT2D eigenvalue weighted by molar-refractivity contribution is 5.89. The van der Waals surface area contributed by atoms with Gasteiger partial charge in [0.2, 0.25) is 11.7 Å². The summed E-state index contributed by atoms with van der Waals surface area (Å²) in [6.07, 6.45) is 2.84. The second kappa shape index (κ2) is 8.50. The largest absolute Gasteiger partial charge is 0.490 e. The van der Waals surface area contributed by atoms with E-state index in [1.54, 1.807) is 13.3 Å². The number of carbonyl (C=O) groups is 1. The molecule has 1 aromatic carbocycles. The topological polar surface area (TPSA) is 69.7 Å². The summed E-state index contributed by atoms with van der Waals surface area (Å²) < 4.78 is 17.7. The van der Waals surface area contributed by atoms with Crippen LogP contribution in [0, 0.1) is 11.8 Å². The minimum Gasteiger partial charge on any atom is -0.490 e. The number of fused-ring (bicyclic) bond motifs is 3. The zero-order valence-corrected chi connectivity index (χ0v) is 17.2. The van der Waals surface area contributed by atoms with E-state index in [1.807, 2.05) is 18.2 Å². The Hall–Kier alpha value is -2.76. The van der Waals surface area contributed by atoms with Crippen molar-refractivity contribution in [3.8, 4) is 28.4 Å². The Bertz CT molecular complexity index is 864. The summed E-state index contributed by atoms with van der Waals surface area (Å²) in [5, 5.41) is 2.73. The summed E-state index contributed by atoms with van der Waals surface area (Å²) >= 11 is 0. The average molecular weight is 384 g/mol. The monoisotopic (exact) mass is 384 g/mol. The van der Waals surface area contributed by atoms with Crippen LogP contribution in [0.4, 0.5) is 5.82 Å². The molecule has 28 heavy (non-hydrogen) atoms. The van der Waals surface area contributed by atoms with Gasteiger partial charge in [0, 0.05) is 24.2 Å². The number of carbonyl (C=O) groups excluding carboxylic acids is 1. The fourth-order valence-corrected chi connectivity index (χ4v) is 3.56. The summed E-state index contributed by atoms with van der Waals surface area (Å²) in [4.78, 5) is 15.6. The number of amides is 1. The SMILES string of the molecule is COc1c(OCC(C)CC(C)C)ccc2c1OCc1cnc(NC(C)=O)cc1-2. The number of anilines is 1. The molecule has 2 aromatic rings. The van der Waals surface area contributed by atoms with E-state index in [0.717, 1.165) is 23.1 Å². The molecule has 0 bridgehead atoms. The summed E-state index contributed by atoms with van der Waals surface area (Å²) in [6, 6.07) is 5.75. The molecule has 1 aliphatic rings. The molecule has 6 nitrogen and oxygen atoms in total. The van der Waals surface area contributed by atoms with E-state index in [1.165, 1.54) is 6.92 Å². The van der Waals surface area contributed by atoms with Crippen molar-refractivity contribution in [1.82, 2.24) is 4.98 Å². The van der Waals surface area contributed by atoms with Crippen LogP contribution in [-0.4, -0.2) is 24.6 Å². The molecule has 1 N–H and O–H groups in total. The first kappa shape index (κ1) is 20.0. The zero-order chi connectivity index (χ0) is 20.3. The third-order valence-electron chi connectivity index (χ3n) is 4.63. The molecule has 1 aliphatic heterocycles. The van der Waals surface area contributed by atoms with E-state index in [2.05, 4.69) is 31.1 Å². The first-order valence-electron chi connectivity index (χ1n) is 9.62. The lowest BCUT2D eigenvalue weighted by Crippen LogP contribution is -2.13. The number of hydrogen-bond donors (Lipinski definition) is 1. The van der Waals surface area contributed by atoms with Crippen molar-refractivity contribution in [3.05, 3.63) is 30.0 Å². The molecule has 1 unspecified atom stereocenters. The quantitative estimate of drug-likeness (QED) is 0.751. The number of nitrogens with one attached hydrogen (secondary N) is 1. The maximum Gasteiger partial charge on any atom is 0.222 e. The Morgan fingerprint density at radius 3 is 2.75 bits per heavy atom. The number of pyridine rings is 1. The maximum atomic E-state index is 11.4. The first-order chi connectivity index (χ1) is 13.4. The fraction of sp³-hybridized carbons (Fsp3) is 0.455. The highest BCUT2D eigenvalue weighted by Crippen LogP contribution is 2.48. The van der Waals surface area contributed by atoms with Crippen molar-refractivity contribution in [1.29, 1.82) is 0 Å². The number of methoxy groups -OCH3 is 1. The maximum absolute atomic E-state index is 11.4. The van der Waals surface area contributed by atoms with Gasteiger partial charge >= 0.3 is 0 Å². The van der Waals surface area contributed by atoms with Gasteiger partial charge in [-0.2, -0.15) is 0 Å². The van der Waals surface area contributed by atoms with E-state index < -0.39 is 0 Å². The van der Waals surface area contributed by atoms with Crippen molar-refractivity contribution < 1.29 is 19.0 Å². The number of benzene rings is 1. The molecule has 1 aromatic heterocycles. The molecule has 1 amide bonds. The molecule has 150 valence electrons. The first-order valence-corrected chi connectivity index (χ1v) is 9.62. The Morgan fingerprint density at radius 1 is 1.29 bits per heavy atom. The smallest absolute Gasteiger partial charge is 0.222 e. The number of rotatable bonds is 7. The summed E-state index contributed by atoms with van der Waals surface area (Å²) in [7, 11) is 1.62. The van der Waals surface area contributed by atoms with E-state index in [-0.39, 0.29) is 5.91 Å². The average Bonchev–Trinajstić information content (AvgIpc) is 2.64. The van der Waals surface area contributed by atoms with E-state index in [0.29, 0.717) is 48.1 Å². The minimum atomic E-state index is -0.156. The van der Waals surface area contributed by atoms with E-state index in [4.69, 9.17) is 14.2 Å². The normalized spacial score (nSPS) is 13.2. The molecule has 0 radical (unpaired) electrons. The summed E-state index contributed by atoms with van der Waals surface area (Å²) in [5.74, 6) is 3.37. The predicted molar refractivity (Wildman–Crippen MR) is 109 cm³/mol. The molecule has 0 spiro atoms. The minimum absolute atomic E-state index is 0.156. The van der Waals surface area contributed by atoms with Gasteiger partial charge in [-0.25, -0.2) is 4.98 Å². The second-order valence-corrected chi connectivity index (χ2v) is 7.72. The van der Waals surface area contributed by atoms with Gasteiger partial charge in [-0.1, -0.05) is 20.8 Å². The standard InChI is InChI=1S/C22H28N2O4/c1-13(2)8-14(3)11-27-19-7-6-17-18-9-20(24-15(4)25)23-10-16(18)12-28-21(17)22(19)26-5/h6-7,9-10,13-14H,8,11-12H2,1-5H3,(H,23,24,25). The lowest BCUT2D eigenvalue weighted by atomic mass is 9.97. The third kappa shape index (κ3) is 4.38. The van der Waals surface area contributed by atoms with Crippen molar-refractivity contribution in [2.75, 3.05) is 19.0 Å². The Balaban J connectivity index is 1.90. The molecule has 0 saturated carbocycles. The predicted octanol–water partition coefficient (Wildman–Crippen LogP) is 4.67. The van der Waals surface area contributed by atoms with Crippen LogP contribution < -0.4 is 19.5 Å². The van der Waals surface area contributed by atoms with E-state index in [9.17, 15) is 4.79 Å². The van der Waals surface area contributed by atoms with Crippen LogP contribution in [0.1, 0.15) is 39.7 Å². The van der Waals surface area contributed by atoms with Crippen LogP contribution in [0.15, 0.2) is 24.4 Å². The molecule has 6 heteroatoms. The van der Waals surface area contributed by atoms with Crippen molar-refractivity contribution in [2.45, 2.75) is 40.7 Å². The summed E-state index contributed by atoms with van der Waals surface area (Å²) in [6.45, 7) is 9.09. The number of nitrogens with zero attached hydrogens (tertiary/aromatic N) is 1. The third-order valence-corrected chi connectivity index (χ3v) is 4.63. The lowest BCUT2D eigenvalue weighted by molar-refractivity contribution is -0.114. The van der Waals surface area contributed by atoms with Crippen molar-refractivity contribution in [3.63, 3.8) is 0 Å². The van der Waals surface area contributed by atoms with E-state index >= 15 is 0 Å². The lowest BCUT2D eigenvalue weighted by Gasteiger charge is -2.24. The molecule has 1 atom stereocenters. The van der Waals surface area contributed by atoms with Crippen LogP contribution in [0.5, 0.6) is 17.2 Å². The van der Waals surface area contributed by atoms with Gasteiger partial charge in [-0.3, -0.25) is 4.79 Å². The number of ether oxygens (including phenoxy) is 3. The molecule has 0 aliphatic carbocycles. The highest BCUT2D eigenvalue weighted by atomic mass is 16.5. The van der Waals surface area contributed by atoms with Crippen LogP contribution in [0.25, 0.3) is 11.1 Å². The highest BCUT2D eigenvalue weighted by Gasteiger charge is 2.25. The van der Waals surface area contributed by atoms with Gasteiger partial charge < -0.3 is 19.5 Å². The molecule has 3 rings (SSSR count). The van der Waals surface area contributed by atoms with Crippen LogP contribution in [0.2, 0.25) is 0 Å². The Labute approximate surface area is 166 Å². The molecule has 0 fully saturated rings. The fourth-order valence-electron chi connectivity index (χ4n) is 3.56. The zero-order valence-electron chi connectivity index (χ0n) is 17.2. The van der Waals surface area contributed by atoms with Gasteiger partial charge in [-0.15, -0.1) is 0 Å². The van der Waals surface area contributed by atoms with Gasteiger partial charge in [0.05, 0.1) is 13.7 Å². The number of aromatic nitrogens is 1. The van der Waals surface area contributed by atoms with Crippen LogP contribution in [-0.2, 0) is 11.4 Å². The van der Waals surface area contributed by atoms with Gasteiger partial charge in [-0.05, 0) is 42.0 Å². The molecule has 2 heterocycles. The second-order valence-electron chi connectivity index (χ2n) is 7.72. The van der Waals surface area contributed by atoms with Crippen LogP contribution in [0.3, 0.4) is 0 Å².